The summed E-state index contributed by atoms with van der Waals surface area (Å²) in [5.74, 6) is 0.540. The number of hydrogen-bond donors (Lipinski definition) is 2. The smallest absolute Gasteiger partial charge is 0.234 e. The highest BCUT2D eigenvalue weighted by Gasteiger charge is 2.35. The predicted octanol–water partition coefficient (Wildman–Crippen LogP) is 2.17. The number of aliphatic hydroxyl groups is 1. The standard InChI is InChI=1S/C18H28N2O2/c1-18(2,3)19-17(22)12-20(16(13-21)15-9-10-15)11-14-7-5-4-6-8-14/h4-8,15-16,21H,9-13H2,1-3H3,(H,19,22). The molecular formula is C18H28N2O2. The van der Waals surface area contributed by atoms with Gasteiger partial charge < -0.3 is 10.4 Å². The number of rotatable bonds is 7. The summed E-state index contributed by atoms with van der Waals surface area (Å²) >= 11 is 0. The maximum absolute atomic E-state index is 12.3. The zero-order valence-electron chi connectivity index (χ0n) is 13.9. The van der Waals surface area contributed by atoms with Crippen LogP contribution in [-0.4, -0.2) is 40.6 Å². The van der Waals surface area contributed by atoms with E-state index in [1.54, 1.807) is 0 Å². The summed E-state index contributed by atoms with van der Waals surface area (Å²) < 4.78 is 0. The van der Waals surface area contributed by atoms with Gasteiger partial charge in [-0.3, -0.25) is 9.69 Å². The third-order valence-electron chi connectivity index (χ3n) is 3.91. The van der Waals surface area contributed by atoms with E-state index in [0.29, 0.717) is 19.0 Å². The second kappa shape index (κ2) is 7.25. The van der Waals surface area contributed by atoms with E-state index < -0.39 is 0 Å². The summed E-state index contributed by atoms with van der Waals surface area (Å²) in [6, 6.07) is 10.2. The van der Waals surface area contributed by atoms with Gasteiger partial charge in [-0.05, 0) is 45.1 Å². The van der Waals surface area contributed by atoms with Gasteiger partial charge in [-0.15, -0.1) is 0 Å². The topological polar surface area (TPSA) is 52.6 Å². The molecule has 2 rings (SSSR count). The van der Waals surface area contributed by atoms with E-state index in [9.17, 15) is 9.90 Å². The number of aliphatic hydroxyl groups excluding tert-OH is 1. The Bertz CT molecular complexity index is 478. The van der Waals surface area contributed by atoms with Crippen LogP contribution in [0.1, 0.15) is 39.2 Å². The molecule has 0 heterocycles. The van der Waals surface area contributed by atoms with Gasteiger partial charge in [-0.2, -0.15) is 0 Å². The lowest BCUT2D eigenvalue weighted by Gasteiger charge is -2.31. The van der Waals surface area contributed by atoms with Crippen LogP contribution in [0.4, 0.5) is 0 Å². The van der Waals surface area contributed by atoms with Crippen molar-refractivity contribution in [2.45, 2.75) is 51.7 Å². The molecule has 1 amide bonds. The van der Waals surface area contributed by atoms with Crippen molar-refractivity contribution in [3.05, 3.63) is 35.9 Å². The SMILES string of the molecule is CC(C)(C)NC(=O)CN(Cc1ccccc1)C(CO)C1CC1. The van der Waals surface area contributed by atoms with E-state index in [0.717, 1.165) is 12.8 Å². The summed E-state index contributed by atoms with van der Waals surface area (Å²) in [4.78, 5) is 14.4. The first-order valence-corrected chi connectivity index (χ1v) is 8.09. The van der Waals surface area contributed by atoms with Crippen LogP contribution in [0.2, 0.25) is 0 Å². The average Bonchev–Trinajstić information content (AvgIpc) is 3.23. The van der Waals surface area contributed by atoms with E-state index >= 15 is 0 Å². The van der Waals surface area contributed by atoms with Crippen molar-refractivity contribution in [2.24, 2.45) is 5.92 Å². The van der Waals surface area contributed by atoms with Gasteiger partial charge in [0.1, 0.15) is 0 Å². The Labute approximate surface area is 133 Å². The molecule has 1 aliphatic rings. The monoisotopic (exact) mass is 304 g/mol. The third-order valence-corrected chi connectivity index (χ3v) is 3.91. The first-order chi connectivity index (χ1) is 10.4. The fourth-order valence-corrected chi connectivity index (χ4v) is 2.79. The van der Waals surface area contributed by atoms with Crippen LogP contribution in [0.25, 0.3) is 0 Å². The lowest BCUT2D eigenvalue weighted by molar-refractivity contribution is -0.124. The molecule has 1 fully saturated rings. The van der Waals surface area contributed by atoms with Crippen LogP contribution < -0.4 is 5.32 Å². The molecule has 0 radical (unpaired) electrons. The number of benzene rings is 1. The van der Waals surface area contributed by atoms with Crippen molar-refractivity contribution in [3.8, 4) is 0 Å². The Balaban J connectivity index is 2.05. The number of nitrogens with one attached hydrogen (secondary N) is 1. The molecular weight excluding hydrogens is 276 g/mol. The lowest BCUT2D eigenvalue weighted by Crippen LogP contribution is -2.49. The number of amides is 1. The Hall–Kier alpha value is -1.39. The molecule has 0 spiro atoms. The number of carbonyl (C=O) groups excluding carboxylic acids is 1. The normalized spacial score (nSPS) is 16.6. The molecule has 1 aromatic rings. The van der Waals surface area contributed by atoms with Crippen LogP contribution >= 0.6 is 0 Å². The molecule has 4 nitrogen and oxygen atoms in total. The molecule has 22 heavy (non-hydrogen) atoms. The van der Waals surface area contributed by atoms with Gasteiger partial charge in [0, 0.05) is 18.1 Å². The Morgan fingerprint density at radius 3 is 2.45 bits per heavy atom. The van der Waals surface area contributed by atoms with E-state index in [4.69, 9.17) is 0 Å². The average molecular weight is 304 g/mol. The quantitative estimate of drug-likeness (QED) is 0.812. The summed E-state index contributed by atoms with van der Waals surface area (Å²) in [6.45, 7) is 7.08. The zero-order valence-corrected chi connectivity index (χ0v) is 13.9. The molecule has 1 aromatic carbocycles. The summed E-state index contributed by atoms with van der Waals surface area (Å²) in [5.41, 5.74) is 0.939. The molecule has 0 saturated heterocycles. The second-order valence-electron chi connectivity index (χ2n) is 7.28. The zero-order chi connectivity index (χ0) is 16.2. The number of nitrogens with zero attached hydrogens (tertiary/aromatic N) is 1. The van der Waals surface area contributed by atoms with Crippen molar-refractivity contribution in [3.63, 3.8) is 0 Å². The second-order valence-corrected chi connectivity index (χ2v) is 7.28. The molecule has 4 heteroatoms. The first kappa shape index (κ1) is 17.0. The molecule has 1 saturated carbocycles. The fraction of sp³-hybridized carbons (Fsp3) is 0.611. The predicted molar refractivity (Wildman–Crippen MR) is 88.3 cm³/mol. The molecule has 2 N–H and O–H groups in total. The van der Waals surface area contributed by atoms with E-state index in [1.807, 2.05) is 39.0 Å². The van der Waals surface area contributed by atoms with Crippen molar-refractivity contribution >= 4 is 5.91 Å². The van der Waals surface area contributed by atoms with E-state index in [1.165, 1.54) is 5.56 Å². The van der Waals surface area contributed by atoms with Gasteiger partial charge in [0.2, 0.25) is 5.91 Å². The molecule has 0 aromatic heterocycles. The summed E-state index contributed by atoms with van der Waals surface area (Å²) in [6.07, 6.45) is 2.30. The largest absolute Gasteiger partial charge is 0.395 e. The third kappa shape index (κ3) is 5.43. The van der Waals surface area contributed by atoms with E-state index in [2.05, 4.69) is 22.3 Å². The van der Waals surface area contributed by atoms with Crippen LogP contribution in [0.15, 0.2) is 30.3 Å². The van der Waals surface area contributed by atoms with Gasteiger partial charge in [0.15, 0.2) is 0 Å². The van der Waals surface area contributed by atoms with Crippen LogP contribution in [-0.2, 0) is 11.3 Å². The summed E-state index contributed by atoms with van der Waals surface area (Å²) in [5, 5.41) is 12.8. The number of carbonyl (C=O) groups is 1. The Kier molecular flexibility index (Phi) is 5.59. The van der Waals surface area contributed by atoms with Gasteiger partial charge in [0.25, 0.3) is 0 Å². The van der Waals surface area contributed by atoms with Crippen LogP contribution in [0.5, 0.6) is 0 Å². The molecule has 0 aliphatic heterocycles. The van der Waals surface area contributed by atoms with Gasteiger partial charge >= 0.3 is 0 Å². The fourth-order valence-electron chi connectivity index (χ4n) is 2.79. The Morgan fingerprint density at radius 2 is 1.95 bits per heavy atom. The highest BCUT2D eigenvalue weighted by Crippen LogP contribution is 2.35. The maximum Gasteiger partial charge on any atom is 0.234 e. The van der Waals surface area contributed by atoms with Crippen molar-refractivity contribution in [1.29, 1.82) is 0 Å². The minimum absolute atomic E-state index is 0.0162. The van der Waals surface area contributed by atoms with Crippen molar-refractivity contribution in [1.82, 2.24) is 10.2 Å². The summed E-state index contributed by atoms with van der Waals surface area (Å²) in [7, 11) is 0. The van der Waals surface area contributed by atoms with Crippen molar-refractivity contribution in [2.75, 3.05) is 13.2 Å². The first-order valence-electron chi connectivity index (χ1n) is 8.09. The lowest BCUT2D eigenvalue weighted by atomic mass is 10.1. The highest BCUT2D eigenvalue weighted by molar-refractivity contribution is 5.78. The molecule has 122 valence electrons. The van der Waals surface area contributed by atoms with E-state index in [-0.39, 0.29) is 24.1 Å². The molecule has 0 bridgehead atoms. The van der Waals surface area contributed by atoms with Crippen molar-refractivity contribution < 1.29 is 9.90 Å². The molecule has 1 unspecified atom stereocenters. The minimum Gasteiger partial charge on any atom is -0.395 e. The highest BCUT2D eigenvalue weighted by atomic mass is 16.3. The molecule has 1 atom stereocenters. The van der Waals surface area contributed by atoms with Crippen LogP contribution in [0.3, 0.4) is 0 Å². The van der Waals surface area contributed by atoms with Gasteiger partial charge in [0.05, 0.1) is 13.2 Å². The Morgan fingerprint density at radius 1 is 1.32 bits per heavy atom. The number of hydrogen-bond acceptors (Lipinski definition) is 3. The maximum atomic E-state index is 12.3. The van der Waals surface area contributed by atoms with Crippen LogP contribution in [0, 0.1) is 5.92 Å². The van der Waals surface area contributed by atoms with Gasteiger partial charge in [-0.1, -0.05) is 30.3 Å². The van der Waals surface area contributed by atoms with Gasteiger partial charge in [-0.25, -0.2) is 0 Å². The molecule has 1 aliphatic carbocycles. The minimum atomic E-state index is -0.232.